The molecular formula is C44H52B2F6N8O7. The lowest BCUT2D eigenvalue weighted by molar-refractivity contribution is -0.274. The second-order valence-electron chi connectivity index (χ2n) is 12.8. The number of rotatable bonds is 8. The topological polar surface area (TPSA) is 207 Å². The summed E-state index contributed by atoms with van der Waals surface area (Å²) in [5, 5.41) is 51.6. The third-order valence-corrected chi connectivity index (χ3v) is 8.55. The summed E-state index contributed by atoms with van der Waals surface area (Å²) < 4.78 is 82.0. The molecule has 4 aromatic heterocycles. The molecule has 8 rings (SSSR count). The SMILES string of the molecule is C.C.C.C.CCn1nc2c(-c3ccc(F)cc3)c[nH]c(=O)c2n1.CCn1nc2c(-c3ccc(F)cc3)cnc(OC)c2n1.OB(O)c1ccc(F)cc1.OB(O)c1ccc(OC(F)(F)F)cc1. The van der Waals surface area contributed by atoms with Crippen LogP contribution >= 0.6 is 0 Å². The summed E-state index contributed by atoms with van der Waals surface area (Å²) >= 11 is 0. The summed E-state index contributed by atoms with van der Waals surface area (Å²) in [7, 11) is -1.67. The van der Waals surface area contributed by atoms with Gasteiger partial charge in [0, 0.05) is 23.5 Å². The molecule has 0 amide bonds. The van der Waals surface area contributed by atoms with E-state index in [9.17, 15) is 31.1 Å². The van der Waals surface area contributed by atoms with Crippen molar-refractivity contribution >= 4 is 47.2 Å². The second kappa shape index (κ2) is 26.2. The minimum Gasteiger partial charge on any atom is -0.479 e. The number of hydrogen-bond donors (Lipinski definition) is 5. The van der Waals surface area contributed by atoms with Crippen LogP contribution in [-0.2, 0) is 13.1 Å². The first-order valence-corrected chi connectivity index (χ1v) is 18.6. The van der Waals surface area contributed by atoms with Crippen LogP contribution in [0.2, 0.25) is 0 Å². The number of aryl methyl sites for hydroxylation is 2. The number of ether oxygens (including phenoxy) is 2. The maximum Gasteiger partial charge on any atom is 0.573 e. The van der Waals surface area contributed by atoms with Gasteiger partial charge in [0.15, 0.2) is 11.0 Å². The van der Waals surface area contributed by atoms with Crippen molar-refractivity contribution in [3.05, 3.63) is 137 Å². The molecule has 0 bridgehead atoms. The van der Waals surface area contributed by atoms with E-state index in [-0.39, 0.29) is 58.2 Å². The molecule has 358 valence electrons. The van der Waals surface area contributed by atoms with Gasteiger partial charge in [-0.3, -0.25) is 4.79 Å². The van der Waals surface area contributed by atoms with Crippen LogP contribution in [0.25, 0.3) is 44.3 Å². The monoisotopic (exact) mass is 940 g/mol. The molecule has 8 aromatic rings. The second-order valence-corrected chi connectivity index (χ2v) is 12.8. The molecule has 0 spiro atoms. The predicted octanol–water partition coefficient (Wildman–Crippen LogP) is 6.92. The van der Waals surface area contributed by atoms with Crippen LogP contribution in [-0.4, -0.2) is 87.8 Å². The number of alkyl halides is 3. The van der Waals surface area contributed by atoms with Gasteiger partial charge in [-0.05, 0) is 84.4 Å². The summed E-state index contributed by atoms with van der Waals surface area (Å²) in [6.45, 7) is 5.08. The minimum atomic E-state index is -4.74. The van der Waals surface area contributed by atoms with Crippen LogP contribution in [0.15, 0.2) is 114 Å². The number of aromatic nitrogens is 8. The average Bonchev–Trinajstić information content (AvgIpc) is 3.91. The van der Waals surface area contributed by atoms with E-state index in [0.29, 0.717) is 46.5 Å². The Morgan fingerprint density at radius 2 is 0.985 bits per heavy atom. The van der Waals surface area contributed by atoms with Gasteiger partial charge in [-0.15, -0.1) is 23.4 Å². The van der Waals surface area contributed by atoms with Crippen LogP contribution < -0.4 is 26.0 Å². The molecule has 0 saturated carbocycles. The van der Waals surface area contributed by atoms with Crippen LogP contribution in [0.1, 0.15) is 43.6 Å². The summed E-state index contributed by atoms with van der Waals surface area (Å²) in [5.41, 5.74) is 5.40. The summed E-state index contributed by atoms with van der Waals surface area (Å²) in [6.07, 6.45) is -1.49. The Bertz CT molecular complexity index is 2780. The molecule has 0 atom stereocenters. The molecule has 0 unspecified atom stereocenters. The third-order valence-electron chi connectivity index (χ3n) is 8.55. The van der Waals surface area contributed by atoms with Crippen molar-refractivity contribution in [3.63, 3.8) is 0 Å². The normalized spacial score (nSPS) is 10.2. The highest BCUT2D eigenvalue weighted by Crippen LogP contribution is 2.30. The van der Waals surface area contributed by atoms with Gasteiger partial charge in [0.05, 0.1) is 20.2 Å². The Morgan fingerprint density at radius 1 is 0.597 bits per heavy atom. The van der Waals surface area contributed by atoms with E-state index in [0.717, 1.165) is 46.5 Å². The van der Waals surface area contributed by atoms with Crippen molar-refractivity contribution in [3.8, 4) is 33.9 Å². The van der Waals surface area contributed by atoms with E-state index in [1.807, 2.05) is 13.8 Å². The van der Waals surface area contributed by atoms with Gasteiger partial charge in [0.25, 0.3) is 5.56 Å². The number of fused-ring (bicyclic) bond motifs is 2. The standard InChI is InChI=1S/C14H13FN4O.C13H11FN4O.C7H6BF3O3.C6H6BFO2.4CH4/c1-3-19-17-12-11(9-4-6-10(15)7-5-9)8-16-14(20-2)13(12)18-19;1-2-18-16-11-10(7-15-13(19)12(11)17-18)8-3-5-9(14)6-4-8;9-7(10,11)14-6-3-1-5(2-4-6)8(12)13;8-6-3-1-5(2-4-6)7(9)10;;;;/h4-8H,3H2,1-2H3;3-7H,2H2,1H3,(H,15,19);1-4,12-13H;1-4,9-10H;4*1H4. The smallest absolute Gasteiger partial charge is 0.479 e. The fourth-order valence-electron chi connectivity index (χ4n) is 5.47. The van der Waals surface area contributed by atoms with E-state index in [1.165, 1.54) is 53.3 Å². The van der Waals surface area contributed by atoms with Crippen LogP contribution in [0.4, 0.5) is 26.3 Å². The highest BCUT2D eigenvalue weighted by molar-refractivity contribution is 6.58. The summed E-state index contributed by atoms with van der Waals surface area (Å²) in [4.78, 5) is 21.6. The molecule has 5 N–H and O–H groups in total. The van der Waals surface area contributed by atoms with Gasteiger partial charge < -0.3 is 34.6 Å². The Kier molecular flexibility index (Phi) is 22.6. The van der Waals surface area contributed by atoms with Crippen molar-refractivity contribution in [1.82, 2.24) is 40.0 Å². The summed E-state index contributed by atoms with van der Waals surface area (Å²) in [6, 6.07) is 21.5. The molecule has 0 aliphatic rings. The Hall–Kier alpha value is -7.07. The van der Waals surface area contributed by atoms with Crippen LogP contribution in [0.3, 0.4) is 0 Å². The number of halogens is 6. The molecule has 67 heavy (non-hydrogen) atoms. The van der Waals surface area contributed by atoms with Gasteiger partial charge in [-0.25, -0.2) is 18.2 Å². The fraction of sp³-hybridized carbons (Fsp3) is 0.227. The molecule has 0 aliphatic carbocycles. The van der Waals surface area contributed by atoms with Crippen LogP contribution in [0.5, 0.6) is 11.6 Å². The van der Waals surface area contributed by atoms with Crippen LogP contribution in [0, 0.1) is 17.5 Å². The Morgan fingerprint density at radius 3 is 1.40 bits per heavy atom. The molecule has 4 aromatic carbocycles. The van der Waals surface area contributed by atoms with Crippen molar-refractivity contribution in [2.75, 3.05) is 7.11 Å². The lowest BCUT2D eigenvalue weighted by Gasteiger charge is -2.08. The maximum absolute atomic E-state index is 13.0. The van der Waals surface area contributed by atoms with Crippen molar-refractivity contribution in [2.45, 2.75) is 63.0 Å². The van der Waals surface area contributed by atoms with Gasteiger partial charge in [0.2, 0.25) is 5.88 Å². The molecule has 0 fully saturated rings. The van der Waals surface area contributed by atoms with Gasteiger partial charge in [-0.1, -0.05) is 78.2 Å². The first-order valence-electron chi connectivity index (χ1n) is 18.6. The maximum atomic E-state index is 13.0. The third kappa shape index (κ3) is 15.8. The average molecular weight is 941 g/mol. The zero-order chi connectivity index (χ0) is 45.8. The minimum absolute atomic E-state index is 0. The number of benzene rings is 4. The molecule has 0 radical (unpaired) electrons. The first kappa shape index (κ1) is 57.9. The van der Waals surface area contributed by atoms with E-state index in [2.05, 4.69) is 35.1 Å². The van der Waals surface area contributed by atoms with E-state index in [4.69, 9.17) is 24.8 Å². The molecule has 4 heterocycles. The van der Waals surface area contributed by atoms with E-state index in [1.54, 1.807) is 48.6 Å². The quantitative estimate of drug-likeness (QED) is 0.0778. The number of methoxy groups -OCH3 is 1. The molecule has 23 heteroatoms. The summed E-state index contributed by atoms with van der Waals surface area (Å²) in [5.74, 6) is -0.929. The van der Waals surface area contributed by atoms with Gasteiger partial charge in [-0.2, -0.15) is 19.8 Å². The number of nitrogens with zero attached hydrogens (tertiary/aromatic N) is 7. The number of hydrogen-bond acceptors (Lipinski definition) is 12. The molecule has 0 aliphatic heterocycles. The largest absolute Gasteiger partial charge is 0.573 e. The highest BCUT2D eigenvalue weighted by atomic mass is 19.4. The Labute approximate surface area is 383 Å². The van der Waals surface area contributed by atoms with Crippen molar-refractivity contribution in [1.29, 1.82) is 0 Å². The van der Waals surface area contributed by atoms with Gasteiger partial charge >= 0.3 is 20.6 Å². The number of H-pyrrole nitrogens is 1. The predicted molar refractivity (Wildman–Crippen MR) is 248 cm³/mol. The molecule has 0 saturated heterocycles. The van der Waals surface area contributed by atoms with E-state index >= 15 is 0 Å². The Balaban J connectivity index is 0.000000451. The zero-order valence-corrected chi connectivity index (χ0v) is 33.4. The van der Waals surface area contributed by atoms with Crippen molar-refractivity contribution < 1.29 is 55.9 Å². The zero-order valence-electron chi connectivity index (χ0n) is 33.4. The molecular weight excluding hydrogens is 888 g/mol. The van der Waals surface area contributed by atoms with E-state index < -0.39 is 26.3 Å². The van der Waals surface area contributed by atoms with Gasteiger partial charge in [0.1, 0.15) is 34.2 Å². The molecule has 15 nitrogen and oxygen atoms in total. The highest BCUT2D eigenvalue weighted by Gasteiger charge is 2.31. The number of nitrogens with one attached hydrogen (secondary N) is 1. The van der Waals surface area contributed by atoms with Crippen molar-refractivity contribution in [2.24, 2.45) is 0 Å². The number of pyridine rings is 2. The lowest BCUT2D eigenvalue weighted by Crippen LogP contribution is -2.29. The number of aromatic amines is 1. The fourth-order valence-corrected chi connectivity index (χ4v) is 5.47. The lowest BCUT2D eigenvalue weighted by atomic mass is 9.80. The first-order chi connectivity index (χ1) is 30.0.